The molecule has 0 atom stereocenters. The molecule has 1 N–H and O–H groups in total. The molecule has 0 spiro atoms. The van der Waals surface area contributed by atoms with Crippen LogP contribution in [0.1, 0.15) is 29.0 Å². The fourth-order valence-electron chi connectivity index (χ4n) is 1.84. The predicted octanol–water partition coefficient (Wildman–Crippen LogP) is 0.926. The lowest BCUT2D eigenvalue weighted by Crippen LogP contribution is -2.13. The van der Waals surface area contributed by atoms with Crippen LogP contribution < -0.4 is 4.74 Å². The van der Waals surface area contributed by atoms with Crippen LogP contribution in [0.15, 0.2) is 0 Å². The molecule has 5 nitrogen and oxygen atoms in total. The van der Waals surface area contributed by atoms with Crippen molar-refractivity contribution in [2.24, 2.45) is 0 Å². The smallest absolute Gasteiger partial charge is 0.356 e. The van der Waals surface area contributed by atoms with Gasteiger partial charge in [-0.2, -0.15) is 4.98 Å². The lowest BCUT2D eigenvalue weighted by Gasteiger charge is -2.15. The fourth-order valence-corrected chi connectivity index (χ4v) is 1.84. The second-order valence-electron chi connectivity index (χ2n) is 3.31. The molecule has 0 aliphatic carbocycles. The van der Waals surface area contributed by atoms with E-state index in [2.05, 4.69) is 4.98 Å². The fraction of sp³-hybridized carbons (Fsp3) is 0.556. The van der Waals surface area contributed by atoms with Crippen molar-refractivity contribution in [2.75, 3.05) is 7.11 Å². The van der Waals surface area contributed by atoms with Gasteiger partial charge < -0.3 is 9.84 Å². The van der Waals surface area contributed by atoms with Crippen molar-refractivity contribution in [2.45, 2.75) is 25.8 Å². The van der Waals surface area contributed by atoms with Crippen LogP contribution in [-0.4, -0.2) is 27.7 Å². The summed E-state index contributed by atoms with van der Waals surface area (Å²) in [5.41, 5.74) is 0.933. The van der Waals surface area contributed by atoms with Crippen LogP contribution >= 0.6 is 0 Å². The lowest BCUT2D eigenvalue weighted by atomic mass is 10.1. The van der Waals surface area contributed by atoms with Gasteiger partial charge in [0.15, 0.2) is 5.69 Å². The van der Waals surface area contributed by atoms with Gasteiger partial charge in [-0.1, -0.05) is 0 Å². The van der Waals surface area contributed by atoms with E-state index in [1.165, 1.54) is 7.11 Å². The number of aromatic nitrogens is 2. The summed E-state index contributed by atoms with van der Waals surface area (Å²) in [7, 11) is 1.51. The molecular formula is C9H12N2O3. The monoisotopic (exact) mass is 196 g/mol. The average molecular weight is 196 g/mol. The maximum Gasteiger partial charge on any atom is 0.356 e. The van der Waals surface area contributed by atoms with Gasteiger partial charge in [0.05, 0.1) is 12.8 Å². The minimum atomic E-state index is -0.973. The first kappa shape index (κ1) is 9.05. The van der Waals surface area contributed by atoms with Gasteiger partial charge >= 0.3 is 5.97 Å². The summed E-state index contributed by atoms with van der Waals surface area (Å²) in [5.74, 6) is -0.973. The quantitative estimate of drug-likeness (QED) is 0.764. The number of carboxylic acid groups (broad SMARTS) is 1. The Hall–Kier alpha value is -1.52. The Morgan fingerprint density at radius 1 is 1.57 bits per heavy atom. The number of nitrogens with zero attached hydrogens (tertiary/aromatic N) is 2. The molecule has 1 aromatic heterocycles. The second-order valence-corrected chi connectivity index (χ2v) is 3.31. The van der Waals surface area contributed by atoms with Crippen molar-refractivity contribution in [3.05, 3.63) is 11.4 Å². The van der Waals surface area contributed by atoms with Crippen molar-refractivity contribution >= 4 is 5.97 Å². The number of fused-ring (bicyclic) bond motifs is 1. The van der Waals surface area contributed by atoms with E-state index in [-0.39, 0.29) is 5.69 Å². The highest BCUT2D eigenvalue weighted by atomic mass is 16.5. The number of imidazole rings is 1. The summed E-state index contributed by atoms with van der Waals surface area (Å²) in [4.78, 5) is 14.8. The molecule has 0 amide bonds. The Labute approximate surface area is 81.3 Å². The van der Waals surface area contributed by atoms with Crippen LogP contribution in [0.25, 0.3) is 0 Å². The van der Waals surface area contributed by atoms with Crippen LogP contribution in [0.5, 0.6) is 6.01 Å². The first-order valence-electron chi connectivity index (χ1n) is 4.60. The Kier molecular flexibility index (Phi) is 2.15. The molecule has 76 valence electrons. The molecular weight excluding hydrogens is 184 g/mol. The van der Waals surface area contributed by atoms with E-state index < -0.39 is 5.97 Å². The minimum Gasteiger partial charge on any atom is -0.476 e. The summed E-state index contributed by atoms with van der Waals surface area (Å²) < 4.78 is 6.89. The van der Waals surface area contributed by atoms with Crippen molar-refractivity contribution in [3.63, 3.8) is 0 Å². The minimum absolute atomic E-state index is 0.140. The number of rotatable bonds is 2. The Balaban J connectivity index is 2.52. The van der Waals surface area contributed by atoms with Gasteiger partial charge in [-0.05, 0) is 19.3 Å². The Bertz CT molecular complexity index is 370. The van der Waals surface area contributed by atoms with Crippen molar-refractivity contribution < 1.29 is 14.6 Å². The molecule has 0 unspecified atom stereocenters. The van der Waals surface area contributed by atoms with E-state index in [0.717, 1.165) is 31.5 Å². The molecule has 2 rings (SSSR count). The third-order valence-electron chi connectivity index (χ3n) is 2.47. The molecule has 14 heavy (non-hydrogen) atoms. The van der Waals surface area contributed by atoms with Crippen molar-refractivity contribution in [1.82, 2.24) is 9.55 Å². The molecule has 0 saturated heterocycles. The molecule has 0 radical (unpaired) electrons. The number of methoxy groups -OCH3 is 1. The summed E-state index contributed by atoms with van der Waals surface area (Å²) in [6.07, 6.45) is 2.85. The molecule has 0 fully saturated rings. The van der Waals surface area contributed by atoms with Crippen LogP contribution in [0.4, 0.5) is 0 Å². The first-order chi connectivity index (χ1) is 6.74. The zero-order valence-corrected chi connectivity index (χ0v) is 7.99. The molecule has 1 aliphatic rings. The van der Waals surface area contributed by atoms with E-state index in [4.69, 9.17) is 9.84 Å². The molecule has 1 aliphatic heterocycles. The Morgan fingerprint density at radius 3 is 3.00 bits per heavy atom. The van der Waals surface area contributed by atoms with Crippen molar-refractivity contribution in [1.29, 1.82) is 0 Å². The lowest BCUT2D eigenvalue weighted by molar-refractivity contribution is 0.0689. The maximum absolute atomic E-state index is 10.9. The standard InChI is InChI=1S/C9H12N2O3/c1-14-9-10-7(8(12)13)6-4-2-3-5-11(6)9/h2-5H2,1H3,(H,12,13). The van der Waals surface area contributed by atoms with Gasteiger partial charge in [0.25, 0.3) is 6.01 Å². The molecule has 0 bridgehead atoms. The second kappa shape index (κ2) is 3.32. The molecule has 5 heteroatoms. The van der Waals surface area contributed by atoms with Crippen LogP contribution in [0.3, 0.4) is 0 Å². The van der Waals surface area contributed by atoms with E-state index in [1.807, 2.05) is 4.57 Å². The number of carboxylic acids is 1. The normalized spacial score (nSPS) is 14.9. The topological polar surface area (TPSA) is 64.3 Å². The molecule has 0 saturated carbocycles. The van der Waals surface area contributed by atoms with Gasteiger partial charge in [-0.3, -0.25) is 4.57 Å². The first-order valence-corrected chi connectivity index (χ1v) is 4.60. The summed E-state index contributed by atoms with van der Waals surface area (Å²) in [6.45, 7) is 0.804. The summed E-state index contributed by atoms with van der Waals surface area (Å²) >= 11 is 0. The summed E-state index contributed by atoms with van der Waals surface area (Å²) in [6, 6.07) is 0.414. The molecule has 1 aromatic rings. The van der Waals surface area contributed by atoms with E-state index in [9.17, 15) is 4.79 Å². The third-order valence-corrected chi connectivity index (χ3v) is 2.47. The number of carbonyl (C=O) groups is 1. The highest BCUT2D eigenvalue weighted by Crippen LogP contribution is 2.24. The largest absolute Gasteiger partial charge is 0.476 e. The zero-order chi connectivity index (χ0) is 10.1. The SMILES string of the molecule is COc1nc(C(=O)O)c2n1CCCC2. The highest BCUT2D eigenvalue weighted by Gasteiger charge is 2.24. The predicted molar refractivity (Wildman–Crippen MR) is 48.7 cm³/mol. The third kappa shape index (κ3) is 1.25. The van der Waals surface area contributed by atoms with Gasteiger partial charge in [0, 0.05) is 6.54 Å². The highest BCUT2D eigenvalue weighted by molar-refractivity contribution is 5.87. The van der Waals surface area contributed by atoms with Crippen molar-refractivity contribution in [3.8, 4) is 6.01 Å². The number of aromatic carboxylic acids is 1. The van der Waals surface area contributed by atoms with Gasteiger partial charge in [0.1, 0.15) is 0 Å². The molecule has 0 aromatic carbocycles. The molecule has 2 heterocycles. The summed E-state index contributed by atoms with van der Waals surface area (Å²) in [5, 5.41) is 8.92. The maximum atomic E-state index is 10.9. The zero-order valence-electron chi connectivity index (χ0n) is 7.99. The van der Waals surface area contributed by atoms with Gasteiger partial charge in [-0.15, -0.1) is 0 Å². The number of hydrogen-bond acceptors (Lipinski definition) is 3. The van der Waals surface area contributed by atoms with E-state index in [1.54, 1.807) is 0 Å². The number of hydrogen-bond donors (Lipinski definition) is 1. The number of ether oxygens (including phenoxy) is 1. The van der Waals surface area contributed by atoms with Gasteiger partial charge in [0.2, 0.25) is 0 Å². The Morgan fingerprint density at radius 2 is 2.36 bits per heavy atom. The van der Waals surface area contributed by atoms with Crippen LogP contribution in [0.2, 0.25) is 0 Å². The van der Waals surface area contributed by atoms with E-state index >= 15 is 0 Å². The average Bonchev–Trinajstić information content (AvgIpc) is 2.56. The van der Waals surface area contributed by atoms with Gasteiger partial charge in [-0.25, -0.2) is 4.79 Å². The van der Waals surface area contributed by atoms with Crippen LogP contribution in [0, 0.1) is 0 Å². The van der Waals surface area contributed by atoms with Crippen LogP contribution in [-0.2, 0) is 13.0 Å². The van der Waals surface area contributed by atoms with E-state index in [0.29, 0.717) is 6.01 Å².